The summed E-state index contributed by atoms with van der Waals surface area (Å²) >= 11 is 0.573. The Morgan fingerprint density at radius 2 is 1.92 bits per heavy atom. The van der Waals surface area contributed by atoms with Crippen molar-refractivity contribution in [1.82, 2.24) is 0 Å². The number of rotatable bonds is 11. The molecule has 0 aromatic carbocycles. The third kappa shape index (κ3) is 9.28. The fraction of sp³-hybridized carbons (Fsp3) is 0.917. The number of esters is 1. The second-order valence-corrected chi connectivity index (χ2v) is 5.62. The van der Waals surface area contributed by atoms with Crippen LogP contribution in [0, 0.1) is 0 Å². The zero-order chi connectivity index (χ0) is 17.9. The molecule has 0 amide bonds. The smallest absolute Gasteiger partial charge is 0.691 e. The standard InChI is InChI=1S/C12H23NO10S.Na/c13-3-2-8(14)19-4-1-5-20-12-11(17)10(16)9(15)7(21-12)6-24-23-22-18;/h7,9-12,15-18H,1-6,13H2;/q;+1/p-1. The van der Waals surface area contributed by atoms with Crippen molar-refractivity contribution in [3.05, 3.63) is 0 Å². The van der Waals surface area contributed by atoms with Crippen molar-refractivity contribution in [2.24, 2.45) is 5.73 Å². The summed E-state index contributed by atoms with van der Waals surface area (Å²) in [6, 6.07) is 0. The van der Waals surface area contributed by atoms with Crippen molar-refractivity contribution in [3.8, 4) is 0 Å². The Morgan fingerprint density at radius 1 is 1.20 bits per heavy atom. The van der Waals surface area contributed by atoms with Gasteiger partial charge in [0, 0.05) is 25.0 Å². The molecular formula is C12H22NNaO10S. The van der Waals surface area contributed by atoms with Crippen LogP contribution in [0.2, 0.25) is 0 Å². The van der Waals surface area contributed by atoms with Crippen LogP contribution in [0.15, 0.2) is 0 Å². The van der Waals surface area contributed by atoms with Gasteiger partial charge in [0.2, 0.25) is 0 Å². The summed E-state index contributed by atoms with van der Waals surface area (Å²) in [5, 5.41) is 42.3. The SMILES string of the molecule is NCCC(=O)OCCCOC1OC(CSOO[O-])C(O)C(O)C1O.[Na+]. The van der Waals surface area contributed by atoms with Gasteiger partial charge in [0.25, 0.3) is 0 Å². The molecule has 0 aromatic heterocycles. The first-order valence-electron chi connectivity index (χ1n) is 7.26. The van der Waals surface area contributed by atoms with Crippen LogP contribution >= 0.6 is 12.0 Å². The minimum absolute atomic E-state index is 0. The predicted molar refractivity (Wildman–Crippen MR) is 76.5 cm³/mol. The van der Waals surface area contributed by atoms with E-state index < -0.39 is 36.7 Å². The van der Waals surface area contributed by atoms with Gasteiger partial charge in [-0.2, -0.15) is 4.33 Å². The largest absolute Gasteiger partial charge is 1.00 e. The van der Waals surface area contributed by atoms with Crippen LogP contribution in [0.3, 0.4) is 0 Å². The number of hydrogen-bond donors (Lipinski definition) is 4. The van der Waals surface area contributed by atoms with Gasteiger partial charge in [-0.05, 0) is 0 Å². The Bertz CT molecular complexity index is 369. The van der Waals surface area contributed by atoms with Gasteiger partial charge < -0.3 is 40.5 Å². The molecule has 1 aliphatic rings. The molecule has 0 radical (unpaired) electrons. The summed E-state index contributed by atoms with van der Waals surface area (Å²) in [4.78, 5) is 11.1. The molecule has 13 heteroatoms. The van der Waals surface area contributed by atoms with Crippen LogP contribution in [0.25, 0.3) is 0 Å². The third-order valence-electron chi connectivity index (χ3n) is 3.16. The number of aliphatic hydroxyl groups is 3. The van der Waals surface area contributed by atoms with Crippen LogP contribution in [0.4, 0.5) is 0 Å². The molecule has 1 rings (SSSR count). The van der Waals surface area contributed by atoms with Gasteiger partial charge >= 0.3 is 35.5 Å². The van der Waals surface area contributed by atoms with Crippen LogP contribution < -0.4 is 40.5 Å². The predicted octanol–water partition coefficient (Wildman–Crippen LogP) is -6.03. The molecule has 5 unspecified atom stereocenters. The van der Waals surface area contributed by atoms with Gasteiger partial charge in [-0.3, -0.25) is 9.83 Å². The number of ether oxygens (including phenoxy) is 3. The quantitative estimate of drug-likeness (QED) is 0.0652. The van der Waals surface area contributed by atoms with Gasteiger partial charge in [0.15, 0.2) is 6.29 Å². The molecular weight excluding hydrogens is 373 g/mol. The molecule has 1 fully saturated rings. The molecule has 1 heterocycles. The van der Waals surface area contributed by atoms with Crippen LogP contribution in [-0.2, 0) is 28.4 Å². The normalized spacial score (nSPS) is 29.1. The Kier molecular flexibility index (Phi) is 14.8. The molecule has 11 nitrogen and oxygen atoms in total. The van der Waals surface area contributed by atoms with E-state index in [4.69, 9.17) is 19.9 Å². The summed E-state index contributed by atoms with van der Waals surface area (Å²) in [6.07, 6.45) is -6.02. The summed E-state index contributed by atoms with van der Waals surface area (Å²) < 4.78 is 19.6. The van der Waals surface area contributed by atoms with E-state index in [0.717, 1.165) is 0 Å². The molecule has 0 saturated carbocycles. The van der Waals surface area contributed by atoms with Crippen LogP contribution in [0.5, 0.6) is 0 Å². The first-order chi connectivity index (χ1) is 11.5. The second kappa shape index (κ2) is 14.5. The minimum Gasteiger partial charge on any atom is -0.691 e. The third-order valence-corrected chi connectivity index (χ3v) is 3.78. The van der Waals surface area contributed by atoms with Crippen molar-refractivity contribution in [3.63, 3.8) is 0 Å². The maximum absolute atomic E-state index is 11.1. The molecule has 1 aliphatic heterocycles. The Morgan fingerprint density at radius 3 is 2.56 bits per heavy atom. The van der Waals surface area contributed by atoms with Crippen molar-refractivity contribution in [2.45, 2.75) is 43.5 Å². The summed E-state index contributed by atoms with van der Waals surface area (Å²) in [7, 11) is 0. The molecule has 5 atom stereocenters. The van der Waals surface area contributed by atoms with E-state index in [-0.39, 0.29) is 61.5 Å². The molecule has 5 N–H and O–H groups in total. The van der Waals surface area contributed by atoms with Crippen LogP contribution in [0.1, 0.15) is 12.8 Å². The fourth-order valence-electron chi connectivity index (χ4n) is 1.94. The van der Waals surface area contributed by atoms with E-state index in [9.17, 15) is 25.4 Å². The molecule has 142 valence electrons. The average molecular weight is 395 g/mol. The topological polar surface area (TPSA) is 173 Å². The van der Waals surface area contributed by atoms with Gasteiger partial charge in [0.05, 0.1) is 25.4 Å². The molecule has 0 bridgehead atoms. The fourth-order valence-corrected chi connectivity index (χ4v) is 2.45. The molecule has 0 aromatic rings. The molecule has 0 aliphatic carbocycles. The van der Waals surface area contributed by atoms with Crippen molar-refractivity contribution in [1.29, 1.82) is 0 Å². The summed E-state index contributed by atoms with van der Waals surface area (Å²) in [6.45, 7) is 0.402. The first-order valence-corrected chi connectivity index (χ1v) is 8.17. The minimum atomic E-state index is -1.50. The summed E-state index contributed by atoms with van der Waals surface area (Å²) in [5.74, 6) is -0.452. The first kappa shape index (κ1) is 25.5. The maximum Gasteiger partial charge on any atom is 1.00 e. The number of nitrogens with two attached hydrogens (primary N) is 1. The van der Waals surface area contributed by atoms with Gasteiger partial charge in [-0.15, -0.1) is 0 Å². The number of aliphatic hydroxyl groups excluding tert-OH is 3. The van der Waals surface area contributed by atoms with E-state index >= 15 is 0 Å². The van der Waals surface area contributed by atoms with E-state index in [1.165, 1.54) is 0 Å². The number of carbonyl (C=O) groups is 1. The maximum atomic E-state index is 11.1. The van der Waals surface area contributed by atoms with E-state index in [0.29, 0.717) is 18.5 Å². The van der Waals surface area contributed by atoms with Crippen molar-refractivity contribution < 1.29 is 78.5 Å². The zero-order valence-corrected chi connectivity index (χ0v) is 16.6. The molecule has 0 spiro atoms. The molecule has 1 saturated heterocycles. The van der Waals surface area contributed by atoms with Crippen molar-refractivity contribution >= 4 is 18.0 Å². The van der Waals surface area contributed by atoms with E-state index in [1.807, 2.05) is 0 Å². The second-order valence-electron chi connectivity index (χ2n) is 4.92. The Labute approximate surface area is 171 Å². The number of carbonyl (C=O) groups excluding carboxylic acids is 1. The monoisotopic (exact) mass is 395 g/mol. The van der Waals surface area contributed by atoms with Crippen molar-refractivity contribution in [2.75, 3.05) is 25.5 Å². The van der Waals surface area contributed by atoms with E-state index in [2.05, 4.69) is 9.37 Å². The zero-order valence-electron chi connectivity index (χ0n) is 13.8. The summed E-state index contributed by atoms with van der Waals surface area (Å²) in [5.41, 5.74) is 5.20. The average Bonchev–Trinajstić information content (AvgIpc) is 2.56. The Hall–Kier alpha value is 0.460. The Balaban J connectivity index is 0.00000576. The molecule has 25 heavy (non-hydrogen) atoms. The van der Waals surface area contributed by atoms with Gasteiger partial charge in [-0.25, -0.2) is 0 Å². The van der Waals surface area contributed by atoms with Gasteiger partial charge in [0.1, 0.15) is 24.4 Å². The van der Waals surface area contributed by atoms with Gasteiger partial charge in [-0.1, -0.05) is 0 Å². The van der Waals surface area contributed by atoms with E-state index in [1.54, 1.807) is 0 Å². The van der Waals surface area contributed by atoms with Crippen LogP contribution in [-0.4, -0.2) is 77.5 Å². The number of hydrogen-bond acceptors (Lipinski definition) is 12.